The molecule has 1 fully saturated rings. The first-order chi connectivity index (χ1) is 14.5. The fourth-order valence-electron chi connectivity index (χ4n) is 4.25. The zero-order valence-electron chi connectivity index (χ0n) is 16.7. The van der Waals surface area contributed by atoms with Gasteiger partial charge >= 0.3 is 0 Å². The molecule has 0 spiro atoms. The number of hydrogen-bond acceptors (Lipinski definition) is 7. The Morgan fingerprint density at radius 1 is 1.27 bits per heavy atom. The minimum absolute atomic E-state index is 0.0325. The Labute approximate surface area is 177 Å². The van der Waals surface area contributed by atoms with Crippen molar-refractivity contribution < 1.29 is 9.52 Å². The SMILES string of the molecule is C[C@@H]1CCCCN1Cc1c(O)ccc2c(=O)c(-c3nc4ccccc4s3)c(N)oc12. The quantitative estimate of drug-likeness (QED) is 0.497. The molecule has 1 aliphatic rings. The third-order valence-electron chi connectivity index (χ3n) is 5.98. The summed E-state index contributed by atoms with van der Waals surface area (Å²) in [5, 5.41) is 11.5. The van der Waals surface area contributed by atoms with E-state index in [2.05, 4.69) is 16.8 Å². The van der Waals surface area contributed by atoms with Crippen LogP contribution >= 0.6 is 11.3 Å². The Morgan fingerprint density at radius 2 is 2.10 bits per heavy atom. The minimum Gasteiger partial charge on any atom is -0.507 e. The Balaban J connectivity index is 1.66. The highest BCUT2D eigenvalue weighted by Gasteiger charge is 2.24. The molecule has 0 unspecified atom stereocenters. The minimum atomic E-state index is -0.222. The number of thiazole rings is 1. The Hall–Kier alpha value is -2.90. The van der Waals surface area contributed by atoms with Crippen molar-refractivity contribution in [2.24, 2.45) is 0 Å². The number of nitrogens with two attached hydrogens (primary N) is 1. The van der Waals surface area contributed by atoms with Crippen LogP contribution < -0.4 is 11.2 Å². The van der Waals surface area contributed by atoms with Crippen molar-refractivity contribution in [2.75, 3.05) is 12.3 Å². The largest absolute Gasteiger partial charge is 0.507 e. The van der Waals surface area contributed by atoms with Crippen LogP contribution in [0.4, 0.5) is 5.88 Å². The molecule has 154 valence electrons. The van der Waals surface area contributed by atoms with Gasteiger partial charge in [0.15, 0.2) is 0 Å². The highest BCUT2D eigenvalue weighted by Crippen LogP contribution is 2.36. The van der Waals surface area contributed by atoms with E-state index in [-0.39, 0.29) is 22.6 Å². The molecule has 3 N–H and O–H groups in total. The zero-order chi connectivity index (χ0) is 20.8. The molecule has 4 aromatic rings. The lowest BCUT2D eigenvalue weighted by Gasteiger charge is -2.33. The van der Waals surface area contributed by atoms with Gasteiger partial charge in [-0.25, -0.2) is 4.98 Å². The lowest BCUT2D eigenvalue weighted by molar-refractivity contribution is 0.151. The second-order valence-corrected chi connectivity index (χ2v) is 8.94. The number of piperidine rings is 1. The van der Waals surface area contributed by atoms with Gasteiger partial charge in [-0.3, -0.25) is 9.69 Å². The summed E-state index contributed by atoms with van der Waals surface area (Å²) < 4.78 is 6.95. The third-order valence-corrected chi connectivity index (χ3v) is 7.03. The molecular weight excluding hydrogens is 398 g/mol. The smallest absolute Gasteiger partial charge is 0.205 e. The summed E-state index contributed by atoms with van der Waals surface area (Å²) in [7, 11) is 0. The number of fused-ring (bicyclic) bond motifs is 2. The Kier molecular flexibility index (Phi) is 4.72. The number of anilines is 1. The summed E-state index contributed by atoms with van der Waals surface area (Å²) in [5.74, 6) is 0.153. The second kappa shape index (κ2) is 7.41. The molecule has 1 saturated heterocycles. The topological polar surface area (TPSA) is 92.6 Å². The standard InChI is InChI=1S/C23H23N3O3S/c1-13-6-4-5-11-26(13)12-15-17(27)10-9-14-20(28)19(22(24)29-21(14)15)23-25-16-7-2-3-8-18(16)30-23/h2-3,7-10,13,27H,4-6,11-12,24H2,1H3/t13-/m1/s1. The molecule has 6 nitrogen and oxygen atoms in total. The van der Waals surface area contributed by atoms with Crippen molar-refractivity contribution in [1.82, 2.24) is 9.88 Å². The predicted molar refractivity (Wildman–Crippen MR) is 121 cm³/mol. The van der Waals surface area contributed by atoms with Crippen LogP contribution in [-0.4, -0.2) is 27.6 Å². The molecule has 30 heavy (non-hydrogen) atoms. The van der Waals surface area contributed by atoms with Gasteiger partial charge < -0.3 is 15.3 Å². The summed E-state index contributed by atoms with van der Waals surface area (Å²) >= 11 is 1.41. The van der Waals surface area contributed by atoms with Gasteiger partial charge in [0.25, 0.3) is 0 Å². The summed E-state index contributed by atoms with van der Waals surface area (Å²) in [4.78, 5) is 20.3. The maximum Gasteiger partial charge on any atom is 0.205 e. The number of likely N-dealkylation sites (tertiary alicyclic amines) is 1. The normalized spacial score (nSPS) is 17.7. The lowest BCUT2D eigenvalue weighted by Crippen LogP contribution is -2.36. The summed E-state index contributed by atoms with van der Waals surface area (Å²) in [5.41, 5.74) is 8.08. The molecule has 0 radical (unpaired) electrons. The average Bonchev–Trinajstić information content (AvgIpc) is 3.15. The molecule has 0 saturated carbocycles. The van der Waals surface area contributed by atoms with Crippen LogP contribution in [0.5, 0.6) is 5.75 Å². The molecule has 7 heteroatoms. The van der Waals surface area contributed by atoms with Crippen molar-refractivity contribution in [3.05, 3.63) is 52.2 Å². The van der Waals surface area contributed by atoms with Gasteiger partial charge in [0, 0.05) is 12.6 Å². The van der Waals surface area contributed by atoms with Gasteiger partial charge in [-0.2, -0.15) is 0 Å². The van der Waals surface area contributed by atoms with Gasteiger partial charge in [0.1, 0.15) is 21.9 Å². The highest BCUT2D eigenvalue weighted by molar-refractivity contribution is 7.21. The molecule has 3 heterocycles. The molecule has 1 aliphatic heterocycles. The van der Waals surface area contributed by atoms with E-state index in [4.69, 9.17) is 10.2 Å². The number of phenols is 1. The van der Waals surface area contributed by atoms with Crippen molar-refractivity contribution in [3.8, 4) is 16.3 Å². The van der Waals surface area contributed by atoms with Gasteiger partial charge in [0.05, 0.1) is 21.2 Å². The molecule has 0 aliphatic carbocycles. The van der Waals surface area contributed by atoms with E-state index in [1.54, 1.807) is 12.1 Å². The number of phenolic OH excluding ortho intramolecular Hbond substituents is 1. The highest BCUT2D eigenvalue weighted by atomic mass is 32.1. The van der Waals surface area contributed by atoms with Crippen LogP contribution in [-0.2, 0) is 6.54 Å². The van der Waals surface area contributed by atoms with E-state index in [1.807, 2.05) is 24.3 Å². The van der Waals surface area contributed by atoms with Crippen molar-refractivity contribution in [2.45, 2.75) is 38.8 Å². The van der Waals surface area contributed by atoms with Crippen LogP contribution in [0.1, 0.15) is 31.7 Å². The summed E-state index contributed by atoms with van der Waals surface area (Å²) in [6.07, 6.45) is 3.47. The number of rotatable bonds is 3. The number of aromatic hydroxyl groups is 1. The van der Waals surface area contributed by atoms with E-state index in [1.165, 1.54) is 17.8 Å². The van der Waals surface area contributed by atoms with E-state index >= 15 is 0 Å². The molecule has 2 aromatic heterocycles. The van der Waals surface area contributed by atoms with Gasteiger partial charge in [-0.05, 0) is 50.6 Å². The van der Waals surface area contributed by atoms with Gasteiger partial charge in [-0.1, -0.05) is 18.6 Å². The predicted octanol–water partition coefficient (Wildman–Crippen LogP) is 4.73. The number of para-hydroxylation sites is 1. The fourth-order valence-corrected chi connectivity index (χ4v) is 5.26. The molecule has 0 bridgehead atoms. The number of benzene rings is 2. The van der Waals surface area contributed by atoms with E-state index in [0.717, 1.165) is 29.6 Å². The number of nitrogens with zero attached hydrogens (tertiary/aromatic N) is 2. The average molecular weight is 422 g/mol. The van der Waals surface area contributed by atoms with Crippen LogP contribution in [0.25, 0.3) is 31.8 Å². The Morgan fingerprint density at radius 3 is 2.90 bits per heavy atom. The lowest BCUT2D eigenvalue weighted by atomic mass is 10.0. The van der Waals surface area contributed by atoms with E-state index in [9.17, 15) is 9.90 Å². The van der Waals surface area contributed by atoms with Crippen molar-refractivity contribution in [3.63, 3.8) is 0 Å². The van der Waals surface area contributed by atoms with Gasteiger partial charge in [-0.15, -0.1) is 11.3 Å². The Bertz CT molecular complexity index is 1280. The zero-order valence-corrected chi connectivity index (χ0v) is 17.5. The first-order valence-corrected chi connectivity index (χ1v) is 11.0. The van der Waals surface area contributed by atoms with Crippen molar-refractivity contribution >= 4 is 38.4 Å². The molecule has 2 aromatic carbocycles. The van der Waals surface area contributed by atoms with Crippen LogP contribution in [0.3, 0.4) is 0 Å². The van der Waals surface area contributed by atoms with Crippen molar-refractivity contribution in [1.29, 1.82) is 0 Å². The van der Waals surface area contributed by atoms with Gasteiger partial charge in [0.2, 0.25) is 11.3 Å². The first-order valence-electron chi connectivity index (χ1n) is 10.2. The van der Waals surface area contributed by atoms with Crippen LogP contribution in [0.2, 0.25) is 0 Å². The van der Waals surface area contributed by atoms with E-state index in [0.29, 0.717) is 34.1 Å². The monoisotopic (exact) mass is 421 g/mol. The summed E-state index contributed by atoms with van der Waals surface area (Å²) in [6, 6.07) is 11.3. The number of hydrogen-bond donors (Lipinski definition) is 2. The molecule has 5 rings (SSSR count). The van der Waals surface area contributed by atoms with E-state index < -0.39 is 0 Å². The number of aromatic nitrogens is 1. The van der Waals surface area contributed by atoms with Crippen LogP contribution in [0, 0.1) is 0 Å². The maximum absolute atomic E-state index is 13.4. The summed E-state index contributed by atoms with van der Waals surface area (Å²) in [6.45, 7) is 3.67. The third kappa shape index (κ3) is 3.14. The molecule has 1 atom stereocenters. The molecule has 0 amide bonds. The fraction of sp³-hybridized carbons (Fsp3) is 0.304. The first kappa shape index (κ1) is 19.1. The molecular formula is C23H23N3O3S. The van der Waals surface area contributed by atoms with Crippen LogP contribution in [0.15, 0.2) is 45.6 Å². The second-order valence-electron chi connectivity index (χ2n) is 7.91. The maximum atomic E-state index is 13.4. The number of nitrogen functional groups attached to an aromatic ring is 1.